The maximum absolute atomic E-state index is 6.12. The van der Waals surface area contributed by atoms with Gasteiger partial charge in [-0.05, 0) is 49.4 Å². The molecule has 1 N–H and O–H groups in total. The molecule has 0 aliphatic heterocycles. The highest BCUT2D eigenvalue weighted by molar-refractivity contribution is 5.52. The van der Waals surface area contributed by atoms with Crippen LogP contribution in [0, 0.1) is 12.3 Å². The Bertz CT molecular complexity index is 849. The Labute approximate surface area is 154 Å². The number of nitrogens with one attached hydrogen (secondary N) is 1. The molecule has 1 heterocycles. The summed E-state index contributed by atoms with van der Waals surface area (Å²) >= 11 is 0. The van der Waals surface area contributed by atoms with Crippen LogP contribution >= 0.6 is 0 Å². The Hall–Kier alpha value is -2.62. The molecule has 0 radical (unpaired) electrons. The highest BCUT2D eigenvalue weighted by atomic mass is 16.4. The molecular formula is C22H25N3O. The lowest BCUT2D eigenvalue weighted by molar-refractivity contribution is 0.248. The molecule has 1 aliphatic carbocycles. The van der Waals surface area contributed by atoms with Crippen molar-refractivity contribution in [3.63, 3.8) is 0 Å². The number of anilines is 1. The van der Waals surface area contributed by atoms with Gasteiger partial charge in [0.1, 0.15) is 6.04 Å². The molecule has 0 bridgehead atoms. The largest absolute Gasteiger partial charge is 0.418 e. The standard InChI is InChI=1S/C22H25N3O/c1-16-10-12-18(13-11-16)23-19(22(2)14-6-7-15-22)21-25-24-20(26-21)17-8-4-3-5-9-17/h3-5,8-13,19,23H,6-7,14-15H2,1-2H3. The molecule has 1 aromatic heterocycles. The van der Waals surface area contributed by atoms with Gasteiger partial charge in [-0.2, -0.15) is 0 Å². The minimum Gasteiger partial charge on any atom is -0.418 e. The van der Waals surface area contributed by atoms with E-state index in [4.69, 9.17) is 4.42 Å². The van der Waals surface area contributed by atoms with Gasteiger partial charge in [-0.15, -0.1) is 10.2 Å². The number of aromatic nitrogens is 2. The summed E-state index contributed by atoms with van der Waals surface area (Å²) in [6, 6.07) is 18.5. The minimum atomic E-state index is 0.0117. The monoisotopic (exact) mass is 347 g/mol. The molecule has 0 saturated heterocycles. The van der Waals surface area contributed by atoms with Gasteiger partial charge < -0.3 is 9.73 Å². The van der Waals surface area contributed by atoms with E-state index in [1.165, 1.54) is 31.2 Å². The minimum absolute atomic E-state index is 0.0117. The molecule has 3 aromatic rings. The first kappa shape index (κ1) is 16.8. The van der Waals surface area contributed by atoms with Crippen molar-refractivity contribution < 1.29 is 4.42 Å². The van der Waals surface area contributed by atoms with Crippen molar-refractivity contribution in [2.75, 3.05) is 5.32 Å². The van der Waals surface area contributed by atoms with Crippen LogP contribution in [0.15, 0.2) is 59.0 Å². The van der Waals surface area contributed by atoms with Crippen molar-refractivity contribution in [1.82, 2.24) is 10.2 Å². The SMILES string of the molecule is Cc1ccc(NC(c2nnc(-c3ccccc3)o2)C2(C)CCCC2)cc1. The lowest BCUT2D eigenvalue weighted by Crippen LogP contribution is -2.29. The molecule has 0 amide bonds. The number of benzene rings is 2. The second-order valence-electron chi connectivity index (χ2n) is 7.62. The molecule has 2 aromatic carbocycles. The van der Waals surface area contributed by atoms with E-state index >= 15 is 0 Å². The fourth-order valence-corrected chi connectivity index (χ4v) is 3.87. The first-order valence-corrected chi connectivity index (χ1v) is 9.36. The van der Waals surface area contributed by atoms with Crippen LogP contribution in [0.4, 0.5) is 5.69 Å². The van der Waals surface area contributed by atoms with Gasteiger partial charge in [-0.3, -0.25) is 0 Å². The van der Waals surface area contributed by atoms with E-state index in [9.17, 15) is 0 Å². The van der Waals surface area contributed by atoms with Crippen LogP contribution in [0.3, 0.4) is 0 Å². The lowest BCUT2D eigenvalue weighted by Gasteiger charge is -2.33. The third kappa shape index (κ3) is 3.36. The van der Waals surface area contributed by atoms with Crippen molar-refractivity contribution in [2.45, 2.75) is 45.6 Å². The molecule has 1 saturated carbocycles. The van der Waals surface area contributed by atoms with Crippen LogP contribution in [-0.4, -0.2) is 10.2 Å². The molecule has 0 spiro atoms. The number of aryl methyl sites for hydroxylation is 1. The van der Waals surface area contributed by atoms with E-state index < -0.39 is 0 Å². The van der Waals surface area contributed by atoms with E-state index in [2.05, 4.69) is 53.6 Å². The highest BCUT2D eigenvalue weighted by Crippen LogP contribution is 2.48. The molecule has 1 unspecified atom stereocenters. The van der Waals surface area contributed by atoms with E-state index in [1.807, 2.05) is 30.3 Å². The molecule has 4 heteroatoms. The van der Waals surface area contributed by atoms with Gasteiger partial charge >= 0.3 is 0 Å². The van der Waals surface area contributed by atoms with Crippen LogP contribution in [0.2, 0.25) is 0 Å². The van der Waals surface area contributed by atoms with Gasteiger partial charge in [0.25, 0.3) is 0 Å². The summed E-state index contributed by atoms with van der Waals surface area (Å²) in [5, 5.41) is 12.4. The normalized spacial score (nSPS) is 17.2. The van der Waals surface area contributed by atoms with Gasteiger partial charge in [0, 0.05) is 11.3 Å². The van der Waals surface area contributed by atoms with Crippen LogP contribution in [0.1, 0.15) is 50.1 Å². The van der Waals surface area contributed by atoms with E-state index in [0.29, 0.717) is 11.8 Å². The summed E-state index contributed by atoms with van der Waals surface area (Å²) in [6.45, 7) is 4.43. The van der Waals surface area contributed by atoms with E-state index in [1.54, 1.807) is 0 Å². The second kappa shape index (κ2) is 6.94. The summed E-state index contributed by atoms with van der Waals surface area (Å²) in [5.74, 6) is 1.26. The predicted octanol–water partition coefficient (Wildman–Crippen LogP) is 5.78. The Morgan fingerprint density at radius 2 is 1.65 bits per heavy atom. The van der Waals surface area contributed by atoms with Gasteiger partial charge in [-0.25, -0.2) is 0 Å². The van der Waals surface area contributed by atoms with E-state index in [0.717, 1.165) is 11.3 Å². The number of hydrogen-bond donors (Lipinski definition) is 1. The number of nitrogens with zero attached hydrogens (tertiary/aromatic N) is 2. The van der Waals surface area contributed by atoms with Crippen molar-refractivity contribution >= 4 is 5.69 Å². The van der Waals surface area contributed by atoms with Crippen LogP contribution in [0.5, 0.6) is 0 Å². The summed E-state index contributed by atoms with van der Waals surface area (Å²) in [4.78, 5) is 0. The summed E-state index contributed by atoms with van der Waals surface area (Å²) in [7, 11) is 0. The Balaban J connectivity index is 1.67. The van der Waals surface area contributed by atoms with Crippen LogP contribution in [-0.2, 0) is 0 Å². The Morgan fingerprint density at radius 1 is 0.962 bits per heavy atom. The van der Waals surface area contributed by atoms with Crippen molar-refractivity contribution in [3.8, 4) is 11.5 Å². The van der Waals surface area contributed by atoms with Gasteiger partial charge in [-0.1, -0.05) is 55.7 Å². The molecule has 1 atom stereocenters. The van der Waals surface area contributed by atoms with Crippen LogP contribution < -0.4 is 5.32 Å². The second-order valence-corrected chi connectivity index (χ2v) is 7.62. The molecule has 134 valence electrons. The molecule has 4 nitrogen and oxygen atoms in total. The topological polar surface area (TPSA) is 51.0 Å². The zero-order valence-corrected chi connectivity index (χ0v) is 15.4. The molecule has 26 heavy (non-hydrogen) atoms. The van der Waals surface area contributed by atoms with Gasteiger partial charge in [0.2, 0.25) is 11.8 Å². The Kier molecular flexibility index (Phi) is 4.49. The van der Waals surface area contributed by atoms with Crippen molar-refractivity contribution in [2.24, 2.45) is 5.41 Å². The number of hydrogen-bond acceptors (Lipinski definition) is 4. The summed E-state index contributed by atoms with van der Waals surface area (Å²) in [6.07, 6.45) is 4.84. The van der Waals surface area contributed by atoms with Crippen LogP contribution in [0.25, 0.3) is 11.5 Å². The Morgan fingerprint density at radius 3 is 2.35 bits per heavy atom. The van der Waals surface area contributed by atoms with Crippen molar-refractivity contribution in [1.29, 1.82) is 0 Å². The molecule has 1 aliphatic rings. The van der Waals surface area contributed by atoms with E-state index in [-0.39, 0.29) is 11.5 Å². The zero-order valence-electron chi connectivity index (χ0n) is 15.4. The zero-order chi connectivity index (χ0) is 18.0. The maximum atomic E-state index is 6.12. The smallest absolute Gasteiger partial charge is 0.247 e. The first-order valence-electron chi connectivity index (χ1n) is 9.36. The first-order chi connectivity index (χ1) is 12.6. The highest BCUT2D eigenvalue weighted by Gasteiger charge is 2.41. The third-order valence-electron chi connectivity index (χ3n) is 5.51. The third-order valence-corrected chi connectivity index (χ3v) is 5.51. The lowest BCUT2D eigenvalue weighted by atomic mass is 9.80. The fraction of sp³-hybridized carbons (Fsp3) is 0.364. The number of rotatable bonds is 5. The maximum Gasteiger partial charge on any atom is 0.247 e. The fourth-order valence-electron chi connectivity index (χ4n) is 3.87. The van der Waals surface area contributed by atoms with Gasteiger partial charge in [0.05, 0.1) is 0 Å². The molecule has 4 rings (SSSR count). The molecular weight excluding hydrogens is 322 g/mol. The summed E-state index contributed by atoms with van der Waals surface area (Å²) in [5.41, 5.74) is 3.42. The predicted molar refractivity (Wildman–Crippen MR) is 104 cm³/mol. The molecule has 1 fully saturated rings. The average Bonchev–Trinajstić information content (AvgIpc) is 3.32. The van der Waals surface area contributed by atoms with Gasteiger partial charge in [0.15, 0.2) is 0 Å². The average molecular weight is 347 g/mol. The van der Waals surface area contributed by atoms with Crippen molar-refractivity contribution in [3.05, 3.63) is 66.1 Å². The quantitative estimate of drug-likeness (QED) is 0.636. The summed E-state index contributed by atoms with van der Waals surface area (Å²) < 4.78 is 6.12.